The van der Waals surface area contributed by atoms with E-state index in [2.05, 4.69) is 28.6 Å². The minimum atomic E-state index is 0.251. The largest absolute Gasteiger partial charge is 0.374 e. The zero-order chi connectivity index (χ0) is 11.2. The van der Waals surface area contributed by atoms with Crippen molar-refractivity contribution in [3.63, 3.8) is 0 Å². The van der Waals surface area contributed by atoms with Gasteiger partial charge in [-0.1, -0.05) is 6.92 Å². The summed E-state index contributed by atoms with van der Waals surface area (Å²) in [5, 5.41) is 6.62. The highest BCUT2D eigenvalue weighted by Crippen LogP contribution is 2.07. The van der Waals surface area contributed by atoms with E-state index in [1.807, 2.05) is 12.3 Å². The molecule has 16 heavy (non-hydrogen) atoms. The standard InChI is InChI=1S/C12H19N3O/c1-2-10-3-4-14-12(7-10)15-9-11-8-13-5-6-16-11/h3-4,7,11,13H,2,5-6,8-9H2,1H3,(H,14,15). The lowest BCUT2D eigenvalue weighted by Crippen LogP contribution is -2.42. The van der Waals surface area contributed by atoms with E-state index >= 15 is 0 Å². The van der Waals surface area contributed by atoms with Gasteiger partial charge in [-0.05, 0) is 24.1 Å². The molecule has 1 unspecified atom stereocenters. The van der Waals surface area contributed by atoms with Crippen LogP contribution in [-0.4, -0.2) is 37.3 Å². The maximum absolute atomic E-state index is 5.60. The summed E-state index contributed by atoms with van der Waals surface area (Å²) in [6.45, 7) is 5.63. The molecule has 4 heteroatoms. The van der Waals surface area contributed by atoms with Gasteiger partial charge in [-0.25, -0.2) is 4.98 Å². The number of ether oxygens (including phenoxy) is 1. The number of nitrogens with zero attached hydrogens (tertiary/aromatic N) is 1. The van der Waals surface area contributed by atoms with Crippen molar-refractivity contribution in [2.75, 3.05) is 31.6 Å². The maximum Gasteiger partial charge on any atom is 0.126 e. The predicted octanol–water partition coefficient (Wildman–Crippen LogP) is 1.04. The average molecular weight is 221 g/mol. The van der Waals surface area contributed by atoms with Crippen molar-refractivity contribution in [3.05, 3.63) is 23.9 Å². The first kappa shape index (κ1) is 11.4. The zero-order valence-electron chi connectivity index (χ0n) is 9.70. The lowest BCUT2D eigenvalue weighted by Gasteiger charge is -2.24. The lowest BCUT2D eigenvalue weighted by molar-refractivity contribution is 0.0372. The molecule has 1 aromatic heterocycles. The van der Waals surface area contributed by atoms with Gasteiger partial charge in [0.1, 0.15) is 5.82 Å². The summed E-state index contributed by atoms with van der Waals surface area (Å²) in [4.78, 5) is 4.28. The topological polar surface area (TPSA) is 46.2 Å². The third-order valence-corrected chi connectivity index (χ3v) is 2.75. The molecular weight excluding hydrogens is 202 g/mol. The van der Waals surface area contributed by atoms with Gasteiger partial charge in [0.15, 0.2) is 0 Å². The Morgan fingerprint density at radius 3 is 3.31 bits per heavy atom. The monoisotopic (exact) mass is 221 g/mol. The van der Waals surface area contributed by atoms with Gasteiger partial charge in [0.05, 0.1) is 12.7 Å². The summed E-state index contributed by atoms with van der Waals surface area (Å²) in [5.74, 6) is 0.938. The number of anilines is 1. The Kier molecular flexibility index (Phi) is 4.13. The van der Waals surface area contributed by atoms with E-state index in [1.54, 1.807) is 0 Å². The van der Waals surface area contributed by atoms with Crippen molar-refractivity contribution in [2.45, 2.75) is 19.4 Å². The van der Waals surface area contributed by atoms with Gasteiger partial charge >= 0.3 is 0 Å². The summed E-state index contributed by atoms with van der Waals surface area (Å²) in [7, 11) is 0. The summed E-state index contributed by atoms with van der Waals surface area (Å²) in [5.41, 5.74) is 1.31. The molecule has 0 spiro atoms. The summed E-state index contributed by atoms with van der Waals surface area (Å²) in [6.07, 6.45) is 3.14. The molecule has 88 valence electrons. The Morgan fingerprint density at radius 1 is 1.62 bits per heavy atom. The molecule has 1 aromatic rings. The molecule has 1 atom stereocenters. The Morgan fingerprint density at radius 2 is 2.56 bits per heavy atom. The van der Waals surface area contributed by atoms with Gasteiger partial charge < -0.3 is 15.4 Å². The Balaban J connectivity index is 1.83. The number of aryl methyl sites for hydroxylation is 1. The lowest BCUT2D eigenvalue weighted by atomic mass is 10.2. The average Bonchev–Trinajstić information content (AvgIpc) is 2.38. The van der Waals surface area contributed by atoms with E-state index in [0.29, 0.717) is 0 Å². The highest BCUT2D eigenvalue weighted by molar-refractivity contribution is 5.37. The van der Waals surface area contributed by atoms with Crippen molar-refractivity contribution >= 4 is 5.82 Å². The van der Waals surface area contributed by atoms with Crippen LogP contribution in [0.4, 0.5) is 5.82 Å². The molecule has 0 radical (unpaired) electrons. The molecule has 2 heterocycles. The molecule has 0 aliphatic carbocycles. The van der Waals surface area contributed by atoms with E-state index in [-0.39, 0.29) is 6.10 Å². The molecule has 1 fully saturated rings. The van der Waals surface area contributed by atoms with E-state index < -0.39 is 0 Å². The molecule has 0 bridgehead atoms. The highest BCUT2D eigenvalue weighted by Gasteiger charge is 2.12. The fourth-order valence-corrected chi connectivity index (χ4v) is 1.76. The van der Waals surface area contributed by atoms with Crippen LogP contribution in [0.1, 0.15) is 12.5 Å². The number of rotatable bonds is 4. The van der Waals surface area contributed by atoms with Crippen LogP contribution in [0.5, 0.6) is 0 Å². The SMILES string of the molecule is CCc1ccnc(NCC2CNCCO2)c1. The van der Waals surface area contributed by atoms with Gasteiger partial charge in [-0.2, -0.15) is 0 Å². The van der Waals surface area contributed by atoms with E-state index in [1.165, 1.54) is 5.56 Å². The first-order valence-electron chi connectivity index (χ1n) is 5.89. The first-order valence-corrected chi connectivity index (χ1v) is 5.89. The minimum Gasteiger partial charge on any atom is -0.374 e. The number of hydrogen-bond acceptors (Lipinski definition) is 4. The molecule has 0 amide bonds. The van der Waals surface area contributed by atoms with Gasteiger partial charge in [0.2, 0.25) is 0 Å². The Bertz CT molecular complexity index is 324. The van der Waals surface area contributed by atoms with Crippen molar-refractivity contribution in [2.24, 2.45) is 0 Å². The zero-order valence-corrected chi connectivity index (χ0v) is 9.70. The highest BCUT2D eigenvalue weighted by atomic mass is 16.5. The van der Waals surface area contributed by atoms with Crippen LogP contribution in [0.3, 0.4) is 0 Å². The quantitative estimate of drug-likeness (QED) is 0.797. The molecule has 0 saturated carbocycles. The third kappa shape index (κ3) is 3.18. The fourth-order valence-electron chi connectivity index (χ4n) is 1.76. The molecule has 1 saturated heterocycles. The molecule has 4 nitrogen and oxygen atoms in total. The van der Waals surface area contributed by atoms with Gasteiger partial charge in [0.25, 0.3) is 0 Å². The van der Waals surface area contributed by atoms with Crippen LogP contribution in [-0.2, 0) is 11.2 Å². The second kappa shape index (κ2) is 5.82. The van der Waals surface area contributed by atoms with Gasteiger partial charge in [0, 0.05) is 25.8 Å². The van der Waals surface area contributed by atoms with Crippen molar-refractivity contribution in [1.29, 1.82) is 0 Å². The predicted molar refractivity (Wildman–Crippen MR) is 64.7 cm³/mol. The minimum absolute atomic E-state index is 0.251. The first-order chi connectivity index (χ1) is 7.88. The number of nitrogens with one attached hydrogen (secondary N) is 2. The Hall–Kier alpha value is -1.13. The van der Waals surface area contributed by atoms with Crippen molar-refractivity contribution in [3.8, 4) is 0 Å². The Labute approximate surface area is 96.4 Å². The van der Waals surface area contributed by atoms with E-state index in [0.717, 1.165) is 38.5 Å². The molecule has 2 N–H and O–H groups in total. The summed E-state index contributed by atoms with van der Waals surface area (Å²) in [6, 6.07) is 4.14. The van der Waals surface area contributed by atoms with Crippen LogP contribution in [0.2, 0.25) is 0 Å². The normalized spacial score (nSPS) is 20.7. The van der Waals surface area contributed by atoms with Crippen LogP contribution in [0.15, 0.2) is 18.3 Å². The smallest absolute Gasteiger partial charge is 0.126 e. The van der Waals surface area contributed by atoms with Crippen molar-refractivity contribution < 1.29 is 4.74 Å². The summed E-state index contributed by atoms with van der Waals surface area (Å²) < 4.78 is 5.60. The number of morpholine rings is 1. The molecule has 0 aromatic carbocycles. The fraction of sp³-hybridized carbons (Fsp3) is 0.583. The van der Waals surface area contributed by atoms with Crippen LogP contribution >= 0.6 is 0 Å². The second-order valence-electron chi connectivity index (χ2n) is 3.98. The van der Waals surface area contributed by atoms with E-state index in [4.69, 9.17) is 4.74 Å². The van der Waals surface area contributed by atoms with Crippen LogP contribution in [0.25, 0.3) is 0 Å². The number of aromatic nitrogens is 1. The molecule has 1 aliphatic heterocycles. The number of pyridine rings is 1. The van der Waals surface area contributed by atoms with Crippen molar-refractivity contribution in [1.82, 2.24) is 10.3 Å². The molecular formula is C12H19N3O. The van der Waals surface area contributed by atoms with E-state index in [9.17, 15) is 0 Å². The van der Waals surface area contributed by atoms with Gasteiger partial charge in [-0.3, -0.25) is 0 Å². The third-order valence-electron chi connectivity index (χ3n) is 2.75. The summed E-state index contributed by atoms with van der Waals surface area (Å²) >= 11 is 0. The van der Waals surface area contributed by atoms with Gasteiger partial charge in [-0.15, -0.1) is 0 Å². The van der Waals surface area contributed by atoms with Crippen LogP contribution in [0, 0.1) is 0 Å². The molecule has 2 rings (SSSR count). The molecule has 1 aliphatic rings. The van der Waals surface area contributed by atoms with Crippen LogP contribution < -0.4 is 10.6 Å². The number of hydrogen-bond donors (Lipinski definition) is 2. The second-order valence-corrected chi connectivity index (χ2v) is 3.98. The maximum atomic E-state index is 5.60.